The highest BCUT2D eigenvalue weighted by Gasteiger charge is 1.99. The van der Waals surface area contributed by atoms with E-state index in [-0.39, 0.29) is 0 Å². The molecule has 5 heteroatoms. The summed E-state index contributed by atoms with van der Waals surface area (Å²) in [6, 6.07) is 7.83. The third-order valence-electron chi connectivity index (χ3n) is 1.96. The minimum absolute atomic E-state index is 0.323. The summed E-state index contributed by atoms with van der Waals surface area (Å²) in [5.41, 5.74) is 6.56. The SMILES string of the molecule is NCc1ccc(Oc2ncc(Br)cn2)cc1. The van der Waals surface area contributed by atoms with E-state index in [0.29, 0.717) is 18.3 Å². The summed E-state index contributed by atoms with van der Waals surface area (Å²) < 4.78 is 6.27. The lowest BCUT2D eigenvalue weighted by atomic mass is 10.2. The van der Waals surface area contributed by atoms with E-state index in [4.69, 9.17) is 10.5 Å². The molecule has 1 aromatic carbocycles. The van der Waals surface area contributed by atoms with Crippen LogP contribution in [0.25, 0.3) is 0 Å². The van der Waals surface area contributed by atoms with Crippen LogP contribution in [0.2, 0.25) is 0 Å². The van der Waals surface area contributed by atoms with Crippen molar-refractivity contribution in [3.05, 3.63) is 46.7 Å². The summed E-state index contributed by atoms with van der Waals surface area (Å²) in [6.45, 7) is 0.523. The van der Waals surface area contributed by atoms with Crippen LogP contribution in [0.15, 0.2) is 41.1 Å². The van der Waals surface area contributed by atoms with Crippen molar-refractivity contribution in [2.24, 2.45) is 5.73 Å². The first-order valence-corrected chi connectivity index (χ1v) is 5.51. The molecule has 16 heavy (non-hydrogen) atoms. The molecule has 1 aromatic heterocycles. The number of hydrogen-bond donors (Lipinski definition) is 1. The van der Waals surface area contributed by atoms with Crippen LogP contribution >= 0.6 is 15.9 Å². The first kappa shape index (κ1) is 11.0. The number of nitrogens with two attached hydrogens (primary N) is 1. The highest BCUT2D eigenvalue weighted by Crippen LogP contribution is 2.18. The van der Waals surface area contributed by atoms with Crippen molar-refractivity contribution in [2.45, 2.75) is 6.54 Å². The van der Waals surface area contributed by atoms with Gasteiger partial charge in [-0.2, -0.15) is 0 Å². The van der Waals surface area contributed by atoms with E-state index in [1.165, 1.54) is 0 Å². The van der Waals surface area contributed by atoms with Gasteiger partial charge in [0.2, 0.25) is 0 Å². The van der Waals surface area contributed by atoms with Crippen LogP contribution in [-0.2, 0) is 6.54 Å². The zero-order valence-corrected chi connectivity index (χ0v) is 10.0. The molecule has 0 saturated carbocycles. The summed E-state index contributed by atoms with van der Waals surface area (Å²) in [5, 5.41) is 0. The second-order valence-corrected chi connectivity index (χ2v) is 4.05. The molecular weight excluding hydrogens is 270 g/mol. The predicted molar refractivity (Wildman–Crippen MR) is 64.1 cm³/mol. The Balaban J connectivity index is 2.11. The zero-order chi connectivity index (χ0) is 11.4. The lowest BCUT2D eigenvalue weighted by molar-refractivity contribution is 0.441. The molecule has 4 nitrogen and oxygen atoms in total. The molecule has 0 atom stereocenters. The summed E-state index contributed by atoms with van der Waals surface area (Å²) in [4.78, 5) is 8.02. The van der Waals surface area contributed by atoms with Gasteiger partial charge >= 0.3 is 6.01 Å². The van der Waals surface area contributed by atoms with E-state index in [9.17, 15) is 0 Å². The Hall–Kier alpha value is -1.46. The van der Waals surface area contributed by atoms with Crippen LogP contribution in [0.3, 0.4) is 0 Å². The molecule has 0 radical (unpaired) electrons. The van der Waals surface area contributed by atoms with Crippen LogP contribution < -0.4 is 10.5 Å². The van der Waals surface area contributed by atoms with Gasteiger partial charge in [-0.1, -0.05) is 12.1 Å². The van der Waals surface area contributed by atoms with E-state index in [2.05, 4.69) is 25.9 Å². The van der Waals surface area contributed by atoms with E-state index in [0.717, 1.165) is 10.0 Å². The van der Waals surface area contributed by atoms with Crippen molar-refractivity contribution < 1.29 is 4.74 Å². The van der Waals surface area contributed by atoms with Crippen molar-refractivity contribution >= 4 is 15.9 Å². The molecule has 0 amide bonds. The first-order chi connectivity index (χ1) is 7.78. The number of benzene rings is 1. The normalized spacial score (nSPS) is 10.1. The Kier molecular flexibility index (Phi) is 3.48. The van der Waals surface area contributed by atoms with Gasteiger partial charge in [0.1, 0.15) is 5.75 Å². The first-order valence-electron chi connectivity index (χ1n) is 4.72. The Bertz CT molecular complexity index is 456. The predicted octanol–water partition coefficient (Wildman–Crippen LogP) is 2.49. The number of halogens is 1. The molecule has 0 bridgehead atoms. The molecule has 2 rings (SSSR count). The Morgan fingerprint density at radius 2 is 1.75 bits per heavy atom. The molecule has 82 valence electrons. The largest absolute Gasteiger partial charge is 0.424 e. The van der Waals surface area contributed by atoms with Crippen molar-refractivity contribution in [3.63, 3.8) is 0 Å². The molecular formula is C11H10BrN3O. The van der Waals surface area contributed by atoms with E-state index < -0.39 is 0 Å². The monoisotopic (exact) mass is 279 g/mol. The van der Waals surface area contributed by atoms with E-state index in [1.54, 1.807) is 12.4 Å². The fourth-order valence-corrected chi connectivity index (χ4v) is 1.36. The fraction of sp³-hybridized carbons (Fsp3) is 0.0909. The van der Waals surface area contributed by atoms with Crippen molar-refractivity contribution in [1.29, 1.82) is 0 Å². The van der Waals surface area contributed by atoms with Crippen molar-refractivity contribution in [3.8, 4) is 11.8 Å². The quantitative estimate of drug-likeness (QED) is 0.938. The molecule has 0 fully saturated rings. The molecule has 2 N–H and O–H groups in total. The van der Waals surface area contributed by atoms with Gasteiger partial charge in [0, 0.05) is 18.9 Å². The Labute approximate surface area is 102 Å². The molecule has 0 spiro atoms. The average Bonchev–Trinajstić information content (AvgIpc) is 2.33. The number of rotatable bonds is 3. The van der Waals surface area contributed by atoms with Gasteiger partial charge in [0.15, 0.2) is 0 Å². The Morgan fingerprint density at radius 1 is 1.12 bits per heavy atom. The lowest BCUT2D eigenvalue weighted by Crippen LogP contribution is -1.96. The standard InChI is InChI=1S/C11H10BrN3O/c12-9-6-14-11(15-7-9)16-10-3-1-8(5-13)2-4-10/h1-4,6-7H,5,13H2. The maximum Gasteiger partial charge on any atom is 0.321 e. The molecule has 2 aromatic rings. The smallest absolute Gasteiger partial charge is 0.321 e. The van der Waals surface area contributed by atoms with Crippen molar-refractivity contribution in [1.82, 2.24) is 9.97 Å². The van der Waals surface area contributed by atoms with Gasteiger partial charge in [0.05, 0.1) is 4.47 Å². The molecule has 1 heterocycles. The summed E-state index contributed by atoms with van der Waals surface area (Å²) in [7, 11) is 0. The number of aromatic nitrogens is 2. The van der Waals surface area contributed by atoms with E-state index >= 15 is 0 Å². The van der Waals surface area contributed by atoms with Crippen LogP contribution in [-0.4, -0.2) is 9.97 Å². The molecule has 0 saturated heterocycles. The molecule has 0 unspecified atom stereocenters. The minimum Gasteiger partial charge on any atom is -0.424 e. The maximum atomic E-state index is 5.50. The maximum absolute atomic E-state index is 5.50. The summed E-state index contributed by atoms with van der Waals surface area (Å²) in [6.07, 6.45) is 3.27. The molecule has 0 aliphatic rings. The lowest BCUT2D eigenvalue weighted by Gasteiger charge is -2.03. The number of ether oxygens (including phenoxy) is 1. The zero-order valence-electron chi connectivity index (χ0n) is 8.43. The number of nitrogens with zero attached hydrogens (tertiary/aromatic N) is 2. The van der Waals surface area contributed by atoms with Crippen LogP contribution in [0, 0.1) is 0 Å². The van der Waals surface area contributed by atoms with Crippen LogP contribution in [0.4, 0.5) is 0 Å². The third kappa shape index (κ3) is 2.77. The number of hydrogen-bond acceptors (Lipinski definition) is 4. The second kappa shape index (κ2) is 5.05. The topological polar surface area (TPSA) is 61.0 Å². The third-order valence-corrected chi connectivity index (χ3v) is 2.37. The fourth-order valence-electron chi connectivity index (χ4n) is 1.15. The minimum atomic E-state index is 0.323. The molecule has 0 aliphatic carbocycles. The van der Waals surface area contributed by atoms with Gasteiger partial charge in [-0.05, 0) is 33.6 Å². The van der Waals surface area contributed by atoms with Crippen molar-refractivity contribution in [2.75, 3.05) is 0 Å². The summed E-state index contributed by atoms with van der Waals surface area (Å²) in [5.74, 6) is 0.694. The average molecular weight is 280 g/mol. The highest BCUT2D eigenvalue weighted by atomic mass is 79.9. The van der Waals surface area contributed by atoms with Crippen LogP contribution in [0.5, 0.6) is 11.8 Å². The van der Waals surface area contributed by atoms with Gasteiger partial charge in [-0.3, -0.25) is 0 Å². The van der Waals surface area contributed by atoms with Gasteiger partial charge in [-0.25, -0.2) is 9.97 Å². The highest BCUT2D eigenvalue weighted by molar-refractivity contribution is 9.10. The van der Waals surface area contributed by atoms with Gasteiger partial charge in [0.25, 0.3) is 0 Å². The Morgan fingerprint density at radius 3 is 2.31 bits per heavy atom. The van der Waals surface area contributed by atoms with Gasteiger partial charge < -0.3 is 10.5 Å². The van der Waals surface area contributed by atoms with E-state index in [1.807, 2.05) is 24.3 Å². The second-order valence-electron chi connectivity index (χ2n) is 3.13. The molecule has 0 aliphatic heterocycles. The van der Waals surface area contributed by atoms with Gasteiger partial charge in [-0.15, -0.1) is 0 Å². The van der Waals surface area contributed by atoms with Crippen LogP contribution in [0.1, 0.15) is 5.56 Å². The summed E-state index contributed by atoms with van der Waals surface area (Å²) >= 11 is 3.26.